The first-order valence-electron chi connectivity index (χ1n) is 9.56. The summed E-state index contributed by atoms with van der Waals surface area (Å²) in [6, 6.07) is 10.7. The number of terminal acetylenes is 1. The standard InChI is InChI=1S/C23H22Cl2N4O2/c1-5-10-29(15-7-8-17(24)18(25)12-15)13-14-6-9-19-16(11-14)20(30)27-22(26-19)28-21(31)23(2,3)4/h1,6-9,11-12H,10,13H2,2-4H3,(H2,26,27,28,30,31). The Morgan fingerprint density at radius 1 is 1.19 bits per heavy atom. The molecular formula is C23H22Cl2N4O2. The number of hydrogen-bond donors (Lipinski definition) is 2. The molecule has 160 valence electrons. The van der Waals surface area contributed by atoms with Crippen LogP contribution in [0.5, 0.6) is 0 Å². The van der Waals surface area contributed by atoms with Crippen molar-refractivity contribution in [3.63, 3.8) is 0 Å². The highest BCUT2D eigenvalue weighted by Crippen LogP contribution is 2.28. The van der Waals surface area contributed by atoms with Crippen LogP contribution in [0.15, 0.2) is 41.2 Å². The second-order valence-corrected chi connectivity index (χ2v) is 8.94. The van der Waals surface area contributed by atoms with Crippen molar-refractivity contribution in [1.82, 2.24) is 9.97 Å². The molecule has 0 unspecified atom stereocenters. The van der Waals surface area contributed by atoms with Crippen molar-refractivity contribution >= 4 is 51.6 Å². The smallest absolute Gasteiger partial charge is 0.260 e. The van der Waals surface area contributed by atoms with Gasteiger partial charge in [0.05, 0.1) is 27.5 Å². The molecule has 3 aromatic rings. The van der Waals surface area contributed by atoms with Gasteiger partial charge >= 0.3 is 0 Å². The first-order valence-corrected chi connectivity index (χ1v) is 10.3. The number of nitrogens with zero attached hydrogens (tertiary/aromatic N) is 2. The van der Waals surface area contributed by atoms with Crippen LogP contribution in [0, 0.1) is 17.8 Å². The SMILES string of the molecule is C#CCN(Cc1ccc2nc(NC(=O)C(C)(C)C)[nH]c(=O)c2c1)c1ccc(Cl)c(Cl)c1. The predicted octanol–water partition coefficient (Wildman–Crippen LogP) is 4.85. The zero-order valence-corrected chi connectivity index (χ0v) is 18.9. The van der Waals surface area contributed by atoms with Gasteiger partial charge in [-0.25, -0.2) is 4.98 Å². The van der Waals surface area contributed by atoms with E-state index in [1.165, 1.54) is 0 Å². The molecular weight excluding hydrogens is 435 g/mol. The Morgan fingerprint density at radius 3 is 2.58 bits per heavy atom. The molecule has 1 heterocycles. The lowest BCUT2D eigenvalue weighted by atomic mass is 9.96. The summed E-state index contributed by atoms with van der Waals surface area (Å²) < 4.78 is 0. The first kappa shape index (κ1) is 22.7. The fourth-order valence-electron chi connectivity index (χ4n) is 2.89. The maximum Gasteiger partial charge on any atom is 0.260 e. The summed E-state index contributed by atoms with van der Waals surface area (Å²) in [7, 11) is 0. The second-order valence-electron chi connectivity index (χ2n) is 8.13. The molecule has 1 aromatic heterocycles. The van der Waals surface area contributed by atoms with Crippen molar-refractivity contribution in [1.29, 1.82) is 0 Å². The average Bonchev–Trinajstić information content (AvgIpc) is 2.69. The Morgan fingerprint density at radius 2 is 1.94 bits per heavy atom. The zero-order chi connectivity index (χ0) is 22.8. The number of amides is 1. The number of aromatic nitrogens is 2. The highest BCUT2D eigenvalue weighted by molar-refractivity contribution is 6.42. The van der Waals surface area contributed by atoms with Crippen LogP contribution >= 0.6 is 23.2 Å². The van der Waals surface area contributed by atoms with Crippen molar-refractivity contribution < 1.29 is 4.79 Å². The molecule has 0 atom stereocenters. The van der Waals surface area contributed by atoms with Gasteiger partial charge in [-0.3, -0.25) is 19.9 Å². The topological polar surface area (TPSA) is 78.1 Å². The summed E-state index contributed by atoms with van der Waals surface area (Å²) in [5.41, 5.74) is 1.22. The summed E-state index contributed by atoms with van der Waals surface area (Å²) in [6.07, 6.45) is 5.54. The van der Waals surface area contributed by atoms with Gasteiger partial charge in [0, 0.05) is 17.6 Å². The highest BCUT2D eigenvalue weighted by Gasteiger charge is 2.22. The largest absolute Gasteiger partial charge is 0.356 e. The minimum atomic E-state index is -0.609. The van der Waals surface area contributed by atoms with Crippen molar-refractivity contribution in [3.8, 4) is 12.3 Å². The van der Waals surface area contributed by atoms with E-state index in [-0.39, 0.29) is 17.4 Å². The van der Waals surface area contributed by atoms with Crippen LogP contribution in [0.3, 0.4) is 0 Å². The van der Waals surface area contributed by atoms with Gasteiger partial charge in [0.1, 0.15) is 0 Å². The Bertz CT molecular complexity index is 1240. The summed E-state index contributed by atoms with van der Waals surface area (Å²) in [6.45, 7) is 6.15. The molecule has 31 heavy (non-hydrogen) atoms. The molecule has 0 saturated heterocycles. The van der Waals surface area contributed by atoms with Gasteiger partial charge in [-0.05, 0) is 35.9 Å². The van der Waals surface area contributed by atoms with E-state index in [1.807, 2.05) is 17.0 Å². The van der Waals surface area contributed by atoms with Gasteiger partial charge in [0.25, 0.3) is 5.56 Å². The fourth-order valence-corrected chi connectivity index (χ4v) is 3.18. The number of nitrogens with one attached hydrogen (secondary N) is 2. The number of aromatic amines is 1. The number of fused-ring (bicyclic) bond motifs is 1. The first-order chi connectivity index (χ1) is 14.6. The van der Waals surface area contributed by atoms with Crippen LogP contribution in [-0.4, -0.2) is 22.4 Å². The molecule has 6 nitrogen and oxygen atoms in total. The molecule has 1 amide bonds. The molecule has 2 N–H and O–H groups in total. The van der Waals surface area contributed by atoms with Gasteiger partial charge in [-0.1, -0.05) is 56.0 Å². The molecule has 0 fully saturated rings. The molecule has 8 heteroatoms. The number of H-pyrrole nitrogens is 1. The Labute approximate surface area is 190 Å². The third kappa shape index (κ3) is 5.38. The van der Waals surface area contributed by atoms with Crippen molar-refractivity contribution in [2.75, 3.05) is 16.8 Å². The lowest BCUT2D eigenvalue weighted by molar-refractivity contribution is -0.123. The molecule has 0 bridgehead atoms. The van der Waals surface area contributed by atoms with Gasteiger partial charge in [-0.2, -0.15) is 0 Å². The molecule has 0 spiro atoms. The number of carbonyl (C=O) groups excluding carboxylic acids is 1. The van der Waals surface area contributed by atoms with E-state index in [9.17, 15) is 9.59 Å². The average molecular weight is 457 g/mol. The minimum Gasteiger partial charge on any atom is -0.356 e. The van der Waals surface area contributed by atoms with E-state index in [0.717, 1.165) is 11.3 Å². The van der Waals surface area contributed by atoms with Crippen molar-refractivity contribution in [2.24, 2.45) is 5.41 Å². The highest BCUT2D eigenvalue weighted by atomic mass is 35.5. The van der Waals surface area contributed by atoms with E-state index < -0.39 is 5.41 Å². The van der Waals surface area contributed by atoms with Crippen molar-refractivity contribution in [2.45, 2.75) is 27.3 Å². The van der Waals surface area contributed by atoms with Crippen molar-refractivity contribution in [3.05, 3.63) is 62.4 Å². The molecule has 0 aliphatic carbocycles. The third-order valence-electron chi connectivity index (χ3n) is 4.61. The molecule has 2 aromatic carbocycles. The minimum absolute atomic E-state index is 0.120. The lowest BCUT2D eigenvalue weighted by Gasteiger charge is -2.23. The molecule has 3 rings (SSSR count). The second kappa shape index (κ2) is 9.01. The predicted molar refractivity (Wildman–Crippen MR) is 127 cm³/mol. The lowest BCUT2D eigenvalue weighted by Crippen LogP contribution is -2.29. The van der Waals surface area contributed by atoms with Crippen LogP contribution < -0.4 is 15.8 Å². The van der Waals surface area contributed by atoms with Crippen LogP contribution in [0.2, 0.25) is 10.0 Å². The zero-order valence-electron chi connectivity index (χ0n) is 17.4. The van der Waals surface area contributed by atoms with Crippen LogP contribution in [-0.2, 0) is 11.3 Å². The van der Waals surface area contributed by atoms with Crippen LogP contribution in [0.1, 0.15) is 26.3 Å². The molecule has 0 aliphatic heterocycles. The Balaban J connectivity index is 1.91. The summed E-state index contributed by atoms with van der Waals surface area (Å²) in [5.74, 6) is 2.52. The number of benzene rings is 2. The number of halogens is 2. The monoisotopic (exact) mass is 456 g/mol. The number of rotatable bonds is 5. The van der Waals surface area contributed by atoms with E-state index in [4.69, 9.17) is 29.6 Å². The van der Waals surface area contributed by atoms with Gasteiger partial charge in [0.2, 0.25) is 11.9 Å². The van der Waals surface area contributed by atoms with E-state index >= 15 is 0 Å². The maximum atomic E-state index is 12.6. The Hall–Kier alpha value is -3.01. The Kier molecular flexibility index (Phi) is 6.59. The number of hydrogen-bond acceptors (Lipinski definition) is 4. The summed E-state index contributed by atoms with van der Waals surface area (Å²) in [4.78, 5) is 33.7. The quantitative estimate of drug-likeness (QED) is 0.537. The molecule has 0 saturated carbocycles. The van der Waals surface area contributed by atoms with Crippen LogP contribution in [0.25, 0.3) is 10.9 Å². The fraction of sp³-hybridized carbons (Fsp3) is 0.261. The van der Waals surface area contributed by atoms with E-state index in [1.54, 1.807) is 45.0 Å². The van der Waals surface area contributed by atoms with E-state index in [2.05, 4.69) is 21.2 Å². The normalized spacial score (nSPS) is 11.2. The number of anilines is 2. The van der Waals surface area contributed by atoms with Gasteiger partial charge in [0.15, 0.2) is 0 Å². The summed E-state index contributed by atoms with van der Waals surface area (Å²) >= 11 is 12.2. The third-order valence-corrected chi connectivity index (χ3v) is 5.35. The van der Waals surface area contributed by atoms with E-state index in [0.29, 0.717) is 34.0 Å². The maximum absolute atomic E-state index is 12.6. The van der Waals surface area contributed by atoms with Gasteiger partial charge < -0.3 is 4.90 Å². The summed E-state index contributed by atoms with van der Waals surface area (Å²) in [5, 5.41) is 3.97. The van der Waals surface area contributed by atoms with Gasteiger partial charge in [-0.15, -0.1) is 6.42 Å². The molecule has 0 radical (unpaired) electrons. The van der Waals surface area contributed by atoms with Crippen LogP contribution in [0.4, 0.5) is 11.6 Å². The molecule has 0 aliphatic rings. The number of carbonyl (C=O) groups is 1.